The number of aryl methyl sites for hydroxylation is 3. The second-order valence-electron chi connectivity index (χ2n) is 7.77. The molecule has 0 unspecified atom stereocenters. The van der Waals surface area contributed by atoms with E-state index in [1.54, 1.807) is 26.0 Å². The summed E-state index contributed by atoms with van der Waals surface area (Å²) in [5, 5.41) is 3.11. The van der Waals surface area contributed by atoms with Crippen molar-refractivity contribution in [2.75, 3.05) is 25.6 Å². The van der Waals surface area contributed by atoms with Crippen LogP contribution in [0.3, 0.4) is 0 Å². The average Bonchev–Trinajstić information content (AvgIpc) is 3.33. The van der Waals surface area contributed by atoms with Gasteiger partial charge in [0.2, 0.25) is 11.9 Å². The lowest BCUT2D eigenvalue weighted by atomic mass is 10.1. The normalized spacial score (nSPS) is 13.9. The third-order valence-electron chi connectivity index (χ3n) is 5.27. The summed E-state index contributed by atoms with van der Waals surface area (Å²) in [5.41, 5.74) is 8.16. The summed E-state index contributed by atoms with van der Waals surface area (Å²) in [5.74, 6) is 1.80. The Bertz CT molecular complexity index is 1110. The van der Waals surface area contributed by atoms with Crippen molar-refractivity contribution < 1.29 is 23.5 Å². The lowest BCUT2D eigenvalue weighted by Gasteiger charge is -2.24. The van der Waals surface area contributed by atoms with Gasteiger partial charge in [0.1, 0.15) is 17.4 Å². The van der Waals surface area contributed by atoms with Crippen LogP contribution in [0.4, 0.5) is 5.95 Å². The van der Waals surface area contributed by atoms with Gasteiger partial charge in [0.15, 0.2) is 17.9 Å². The molecule has 1 aromatic carbocycles. The Morgan fingerprint density at radius 2 is 2.03 bits per heavy atom. The quantitative estimate of drug-likeness (QED) is 0.516. The predicted octanol–water partition coefficient (Wildman–Crippen LogP) is 3.25. The van der Waals surface area contributed by atoms with Gasteiger partial charge in [0.25, 0.3) is 0 Å². The summed E-state index contributed by atoms with van der Waals surface area (Å²) in [6.45, 7) is 7.76. The van der Waals surface area contributed by atoms with E-state index in [1.807, 2.05) is 7.05 Å². The number of aldehydes is 1. The maximum atomic E-state index is 11.7. The lowest BCUT2D eigenvalue weighted by Crippen LogP contribution is -2.26. The number of carbonyl (C=O) groups is 2. The van der Waals surface area contributed by atoms with E-state index in [2.05, 4.69) is 26.8 Å². The Morgan fingerprint density at radius 3 is 2.55 bits per heavy atom. The van der Waals surface area contributed by atoms with Crippen molar-refractivity contribution in [3.8, 4) is 5.75 Å². The molecule has 10 nitrogen and oxygen atoms in total. The number of ether oxygens (including phenoxy) is 2. The summed E-state index contributed by atoms with van der Waals surface area (Å²) >= 11 is 0. The number of nitrogens with zero attached hydrogens (tertiary/aromatic N) is 3. The van der Waals surface area contributed by atoms with Crippen LogP contribution in [-0.2, 0) is 11.3 Å². The van der Waals surface area contributed by atoms with Crippen molar-refractivity contribution >= 4 is 29.2 Å². The van der Waals surface area contributed by atoms with Crippen molar-refractivity contribution in [2.45, 2.75) is 52.7 Å². The Labute approximate surface area is 192 Å². The number of oxazole rings is 1. The molecular weight excluding hydrogens is 426 g/mol. The number of fused-ring (bicyclic) bond motifs is 1. The van der Waals surface area contributed by atoms with Crippen LogP contribution in [0.15, 0.2) is 16.5 Å². The monoisotopic (exact) mass is 457 g/mol. The smallest absolute Gasteiger partial charge is 0.248 e. The molecule has 0 spiro atoms. The predicted molar refractivity (Wildman–Crippen MR) is 124 cm³/mol. The van der Waals surface area contributed by atoms with Crippen LogP contribution >= 0.6 is 0 Å². The molecule has 0 aliphatic carbocycles. The first-order valence-electron chi connectivity index (χ1n) is 11.0. The fourth-order valence-corrected chi connectivity index (χ4v) is 3.72. The lowest BCUT2D eigenvalue weighted by molar-refractivity contribution is 0.0260. The zero-order chi connectivity index (χ0) is 24.0. The Kier molecular flexibility index (Phi) is 8.05. The summed E-state index contributed by atoms with van der Waals surface area (Å²) < 4.78 is 18.6. The van der Waals surface area contributed by atoms with Gasteiger partial charge >= 0.3 is 0 Å². The largest absolute Gasteiger partial charge is 0.488 e. The number of nitrogens with two attached hydrogens (primary N) is 1. The molecule has 1 aliphatic heterocycles. The Balaban J connectivity index is 0.000000286. The van der Waals surface area contributed by atoms with E-state index in [0.29, 0.717) is 53.7 Å². The minimum absolute atomic E-state index is 0.0769. The van der Waals surface area contributed by atoms with Crippen LogP contribution in [0, 0.1) is 13.8 Å². The van der Waals surface area contributed by atoms with E-state index in [0.717, 1.165) is 37.3 Å². The van der Waals surface area contributed by atoms with E-state index in [9.17, 15) is 9.59 Å². The highest BCUT2D eigenvalue weighted by Crippen LogP contribution is 2.32. The number of carbonyl (C=O) groups excluding carboxylic acids is 2. The van der Waals surface area contributed by atoms with Gasteiger partial charge in [-0.15, -0.1) is 0 Å². The first-order valence-corrected chi connectivity index (χ1v) is 11.0. The minimum atomic E-state index is -0.482. The van der Waals surface area contributed by atoms with Gasteiger partial charge in [0, 0.05) is 38.9 Å². The van der Waals surface area contributed by atoms with Crippen LogP contribution in [0.2, 0.25) is 0 Å². The molecule has 0 saturated carbocycles. The second-order valence-corrected chi connectivity index (χ2v) is 7.77. The highest BCUT2D eigenvalue weighted by molar-refractivity contribution is 5.98. The van der Waals surface area contributed by atoms with Crippen LogP contribution in [-0.4, -0.2) is 53.1 Å². The fourth-order valence-electron chi connectivity index (χ4n) is 3.72. The molecule has 178 valence electrons. The summed E-state index contributed by atoms with van der Waals surface area (Å²) in [6.07, 6.45) is 3.38. The van der Waals surface area contributed by atoms with Crippen molar-refractivity contribution in [2.24, 2.45) is 5.73 Å². The van der Waals surface area contributed by atoms with Crippen LogP contribution < -0.4 is 15.8 Å². The molecule has 3 heterocycles. The first-order chi connectivity index (χ1) is 15.9. The Hall–Kier alpha value is -3.40. The fraction of sp³-hybridized carbons (Fsp3) is 0.478. The van der Waals surface area contributed by atoms with Gasteiger partial charge < -0.3 is 29.5 Å². The number of benzene rings is 1. The number of primary amides is 1. The third-order valence-corrected chi connectivity index (χ3v) is 5.27. The van der Waals surface area contributed by atoms with Crippen molar-refractivity contribution in [3.63, 3.8) is 0 Å². The molecule has 1 aliphatic rings. The van der Waals surface area contributed by atoms with E-state index >= 15 is 0 Å². The number of anilines is 1. The maximum Gasteiger partial charge on any atom is 0.248 e. The summed E-state index contributed by atoms with van der Waals surface area (Å²) in [7, 11) is 1.83. The van der Waals surface area contributed by atoms with Gasteiger partial charge in [-0.2, -0.15) is 0 Å². The molecular formula is C23H31N5O5. The van der Waals surface area contributed by atoms with Gasteiger partial charge in [-0.3, -0.25) is 9.59 Å². The van der Waals surface area contributed by atoms with Crippen LogP contribution in [0.25, 0.3) is 11.0 Å². The molecule has 33 heavy (non-hydrogen) atoms. The molecule has 1 saturated heterocycles. The molecule has 10 heteroatoms. The SMILES string of the molecule is CCCn1c(NC)nc2cc(C(N)=O)cc(OC3CCOCC3)c21.Cc1nc(C)c(C=O)o1. The molecule has 0 bridgehead atoms. The van der Waals surface area contributed by atoms with Gasteiger partial charge in [-0.25, -0.2) is 9.97 Å². The highest BCUT2D eigenvalue weighted by atomic mass is 16.5. The van der Waals surface area contributed by atoms with Gasteiger partial charge in [-0.1, -0.05) is 6.92 Å². The standard InChI is InChI=1S/C17H24N4O3.C6H7NO2/c1-3-6-21-15-13(20-17(21)19-2)9-11(16(18)22)10-14(15)24-12-4-7-23-8-5-12;1-4-6(3-8)9-5(2)7-4/h9-10,12H,3-8H2,1-2H3,(H2,18,22)(H,19,20);3H,1-2H3. The number of nitrogens with one attached hydrogen (secondary N) is 1. The molecule has 3 N–H and O–H groups in total. The minimum Gasteiger partial charge on any atom is -0.488 e. The van der Waals surface area contributed by atoms with Crippen molar-refractivity contribution in [1.29, 1.82) is 0 Å². The van der Waals surface area contributed by atoms with E-state index in [1.165, 1.54) is 0 Å². The van der Waals surface area contributed by atoms with Gasteiger partial charge in [-0.05, 0) is 25.5 Å². The van der Waals surface area contributed by atoms with Crippen molar-refractivity contribution in [3.05, 3.63) is 35.0 Å². The molecule has 1 amide bonds. The zero-order valence-corrected chi connectivity index (χ0v) is 19.5. The summed E-state index contributed by atoms with van der Waals surface area (Å²) in [4.78, 5) is 30.2. The number of amides is 1. The topological polar surface area (TPSA) is 134 Å². The molecule has 0 radical (unpaired) electrons. The highest BCUT2D eigenvalue weighted by Gasteiger charge is 2.21. The average molecular weight is 458 g/mol. The molecule has 0 atom stereocenters. The number of hydrogen-bond acceptors (Lipinski definition) is 8. The molecule has 3 aromatic rings. The van der Waals surface area contributed by atoms with Crippen LogP contribution in [0.5, 0.6) is 5.75 Å². The number of aromatic nitrogens is 3. The van der Waals surface area contributed by atoms with Crippen molar-refractivity contribution in [1.82, 2.24) is 14.5 Å². The zero-order valence-electron chi connectivity index (χ0n) is 19.5. The summed E-state index contributed by atoms with van der Waals surface area (Å²) in [6, 6.07) is 3.45. The molecule has 2 aromatic heterocycles. The maximum absolute atomic E-state index is 11.7. The van der Waals surface area contributed by atoms with E-state index < -0.39 is 5.91 Å². The van der Waals surface area contributed by atoms with E-state index in [-0.39, 0.29) is 6.10 Å². The number of imidazole rings is 1. The number of rotatable bonds is 7. The Morgan fingerprint density at radius 1 is 1.30 bits per heavy atom. The first kappa shape index (κ1) is 24.2. The molecule has 4 rings (SSSR count). The second kappa shape index (κ2) is 11.0. The van der Waals surface area contributed by atoms with E-state index in [4.69, 9.17) is 19.6 Å². The number of hydrogen-bond donors (Lipinski definition) is 2. The van der Waals surface area contributed by atoms with Gasteiger partial charge in [0.05, 0.1) is 24.4 Å². The van der Waals surface area contributed by atoms with Crippen LogP contribution in [0.1, 0.15) is 58.7 Å². The third kappa shape index (κ3) is 5.70. The molecule has 1 fully saturated rings.